The maximum Gasteiger partial charge on any atom is 0.206 e. The van der Waals surface area contributed by atoms with Crippen LogP contribution in [0.5, 0.6) is 0 Å². The fourth-order valence-corrected chi connectivity index (χ4v) is 1.22. The smallest absolute Gasteiger partial charge is 0.206 e. The number of nitrogens with two attached hydrogens (primary N) is 1. The topological polar surface area (TPSA) is 76.4 Å². The molecule has 0 fully saturated rings. The average Bonchev–Trinajstić information content (AvgIpc) is 2.60. The van der Waals surface area contributed by atoms with Gasteiger partial charge < -0.3 is 15.5 Å². The summed E-state index contributed by atoms with van der Waals surface area (Å²) in [6, 6.07) is 0. The van der Waals surface area contributed by atoms with E-state index in [1.165, 1.54) is 0 Å². The summed E-state index contributed by atoms with van der Waals surface area (Å²) in [6.45, 7) is 7.34. The van der Waals surface area contributed by atoms with Gasteiger partial charge in [0, 0.05) is 18.9 Å². The molecule has 84 valence electrons. The Morgan fingerprint density at radius 2 is 2.27 bits per heavy atom. The predicted octanol–water partition coefficient (Wildman–Crippen LogP) is 1.41. The number of nitrogens with zero attached hydrogens (tertiary/aromatic N) is 3. The summed E-state index contributed by atoms with van der Waals surface area (Å²) >= 11 is 0. The number of rotatable bonds is 3. The van der Waals surface area contributed by atoms with Gasteiger partial charge in [-0.25, -0.2) is 4.98 Å². The molecule has 15 heavy (non-hydrogen) atoms. The van der Waals surface area contributed by atoms with Crippen molar-refractivity contribution in [3.8, 4) is 0 Å². The first-order valence-electron chi connectivity index (χ1n) is 4.93. The van der Waals surface area contributed by atoms with E-state index in [1.807, 2.05) is 10.8 Å². The van der Waals surface area contributed by atoms with Gasteiger partial charge in [-0.2, -0.15) is 0 Å². The maximum absolute atomic E-state index is 8.57. The van der Waals surface area contributed by atoms with Crippen molar-refractivity contribution in [2.24, 2.45) is 16.3 Å². The van der Waals surface area contributed by atoms with Crippen molar-refractivity contribution < 1.29 is 5.21 Å². The molecule has 0 bridgehead atoms. The molecule has 0 radical (unpaired) electrons. The minimum absolute atomic E-state index is 0.0499. The Hall–Kier alpha value is -1.52. The molecule has 3 N–H and O–H groups in total. The van der Waals surface area contributed by atoms with E-state index < -0.39 is 0 Å². The van der Waals surface area contributed by atoms with Gasteiger partial charge in [-0.05, 0) is 11.8 Å². The van der Waals surface area contributed by atoms with Gasteiger partial charge in [0.15, 0.2) is 5.82 Å². The van der Waals surface area contributed by atoms with Crippen molar-refractivity contribution in [2.45, 2.75) is 33.7 Å². The standard InChI is InChI=1S/C10H18N4O/c1-10(2,3)4-6-14-7-5-12-9(14)8(11)13-15/h5,7,15H,4,6H2,1-3H3,(H2,11,13). The maximum atomic E-state index is 8.57. The Kier molecular flexibility index (Phi) is 3.34. The second-order valence-corrected chi connectivity index (χ2v) is 4.74. The molecule has 5 nitrogen and oxygen atoms in total. The SMILES string of the molecule is CC(C)(C)CCn1ccnc1C(N)=NO. The number of hydrogen-bond acceptors (Lipinski definition) is 3. The molecule has 0 amide bonds. The molecule has 0 atom stereocenters. The van der Waals surface area contributed by atoms with E-state index in [-0.39, 0.29) is 11.3 Å². The van der Waals surface area contributed by atoms with Crippen LogP contribution in [-0.4, -0.2) is 20.6 Å². The first-order chi connectivity index (χ1) is 6.94. The van der Waals surface area contributed by atoms with E-state index >= 15 is 0 Å². The number of oxime groups is 1. The monoisotopic (exact) mass is 210 g/mol. The Labute approximate surface area is 89.6 Å². The summed E-state index contributed by atoms with van der Waals surface area (Å²) in [4.78, 5) is 4.03. The van der Waals surface area contributed by atoms with Gasteiger partial charge >= 0.3 is 0 Å². The molecule has 0 aliphatic carbocycles. The highest BCUT2D eigenvalue weighted by molar-refractivity contribution is 5.93. The van der Waals surface area contributed by atoms with E-state index in [4.69, 9.17) is 10.9 Å². The summed E-state index contributed by atoms with van der Waals surface area (Å²) < 4.78 is 1.89. The van der Waals surface area contributed by atoms with Gasteiger partial charge in [0.05, 0.1) is 0 Å². The van der Waals surface area contributed by atoms with Gasteiger partial charge in [0.1, 0.15) is 0 Å². The van der Waals surface area contributed by atoms with Gasteiger partial charge in [0.25, 0.3) is 0 Å². The summed E-state index contributed by atoms with van der Waals surface area (Å²) in [5.41, 5.74) is 5.75. The van der Waals surface area contributed by atoms with Crippen molar-refractivity contribution in [1.82, 2.24) is 9.55 Å². The number of hydrogen-bond donors (Lipinski definition) is 2. The summed E-state index contributed by atoms with van der Waals surface area (Å²) in [6.07, 6.45) is 4.49. The molecule has 0 saturated heterocycles. The van der Waals surface area contributed by atoms with E-state index in [2.05, 4.69) is 30.9 Å². The average molecular weight is 210 g/mol. The highest BCUT2D eigenvalue weighted by atomic mass is 16.4. The number of amidine groups is 1. The zero-order chi connectivity index (χ0) is 11.5. The molecule has 0 aliphatic rings. The molecular formula is C10H18N4O. The van der Waals surface area contributed by atoms with Crippen LogP contribution in [0.2, 0.25) is 0 Å². The first kappa shape index (κ1) is 11.6. The molecule has 5 heteroatoms. The fraction of sp³-hybridized carbons (Fsp3) is 0.600. The molecule has 1 aromatic rings. The molecule has 1 rings (SSSR count). The van der Waals surface area contributed by atoms with Crippen LogP contribution < -0.4 is 5.73 Å². The Morgan fingerprint density at radius 3 is 2.80 bits per heavy atom. The Morgan fingerprint density at radius 1 is 1.60 bits per heavy atom. The van der Waals surface area contributed by atoms with Gasteiger partial charge in [0.2, 0.25) is 5.84 Å². The van der Waals surface area contributed by atoms with Gasteiger partial charge in [-0.15, -0.1) is 0 Å². The third kappa shape index (κ3) is 3.27. The van der Waals surface area contributed by atoms with Crippen LogP contribution in [-0.2, 0) is 6.54 Å². The molecule has 1 heterocycles. The van der Waals surface area contributed by atoms with Crippen LogP contribution in [0.15, 0.2) is 17.5 Å². The summed E-state index contributed by atoms with van der Waals surface area (Å²) in [5.74, 6) is 0.565. The van der Waals surface area contributed by atoms with Crippen LogP contribution in [0.4, 0.5) is 0 Å². The van der Waals surface area contributed by atoms with E-state index in [1.54, 1.807) is 6.20 Å². The van der Waals surface area contributed by atoms with Crippen molar-refractivity contribution >= 4 is 5.84 Å². The quantitative estimate of drug-likeness (QED) is 0.343. The lowest BCUT2D eigenvalue weighted by Gasteiger charge is -2.18. The second-order valence-electron chi connectivity index (χ2n) is 4.74. The predicted molar refractivity (Wildman–Crippen MR) is 58.8 cm³/mol. The number of aromatic nitrogens is 2. The lowest BCUT2D eigenvalue weighted by atomic mass is 9.92. The Bertz CT molecular complexity index is 349. The van der Waals surface area contributed by atoms with E-state index in [0.717, 1.165) is 13.0 Å². The third-order valence-corrected chi connectivity index (χ3v) is 2.16. The Balaban J connectivity index is 2.74. The second kappa shape index (κ2) is 4.33. The lowest BCUT2D eigenvalue weighted by Crippen LogP contribution is -2.21. The van der Waals surface area contributed by atoms with Crippen LogP contribution >= 0.6 is 0 Å². The van der Waals surface area contributed by atoms with E-state index in [0.29, 0.717) is 5.82 Å². The molecule has 0 aliphatic heterocycles. The summed E-state index contributed by atoms with van der Waals surface area (Å²) in [5, 5.41) is 11.5. The number of imidazole rings is 1. The molecule has 1 aromatic heterocycles. The highest BCUT2D eigenvalue weighted by Gasteiger charge is 2.13. The zero-order valence-electron chi connectivity index (χ0n) is 9.44. The van der Waals surface area contributed by atoms with Crippen LogP contribution in [0.3, 0.4) is 0 Å². The fourth-order valence-electron chi connectivity index (χ4n) is 1.22. The van der Waals surface area contributed by atoms with E-state index in [9.17, 15) is 0 Å². The molecule has 0 spiro atoms. The minimum Gasteiger partial charge on any atom is -0.409 e. The lowest BCUT2D eigenvalue weighted by molar-refractivity contribution is 0.317. The third-order valence-electron chi connectivity index (χ3n) is 2.16. The largest absolute Gasteiger partial charge is 0.409 e. The minimum atomic E-state index is 0.0499. The zero-order valence-corrected chi connectivity index (χ0v) is 9.44. The van der Waals surface area contributed by atoms with Crippen molar-refractivity contribution in [3.63, 3.8) is 0 Å². The van der Waals surface area contributed by atoms with Crippen molar-refractivity contribution in [1.29, 1.82) is 0 Å². The summed E-state index contributed by atoms with van der Waals surface area (Å²) in [7, 11) is 0. The molecule has 0 unspecified atom stereocenters. The normalized spacial score (nSPS) is 13.1. The van der Waals surface area contributed by atoms with Crippen LogP contribution in [0.25, 0.3) is 0 Å². The molecule has 0 saturated carbocycles. The van der Waals surface area contributed by atoms with Gasteiger partial charge in [-0.1, -0.05) is 25.9 Å². The van der Waals surface area contributed by atoms with Crippen molar-refractivity contribution in [2.75, 3.05) is 0 Å². The highest BCUT2D eigenvalue weighted by Crippen LogP contribution is 2.19. The van der Waals surface area contributed by atoms with Crippen LogP contribution in [0.1, 0.15) is 33.0 Å². The van der Waals surface area contributed by atoms with Gasteiger partial charge in [-0.3, -0.25) is 0 Å². The molecular weight excluding hydrogens is 192 g/mol. The first-order valence-corrected chi connectivity index (χ1v) is 4.93. The number of aryl methyl sites for hydroxylation is 1. The van der Waals surface area contributed by atoms with Crippen LogP contribution in [0, 0.1) is 5.41 Å². The molecule has 0 aromatic carbocycles. The van der Waals surface area contributed by atoms with Crippen molar-refractivity contribution in [3.05, 3.63) is 18.2 Å².